The molecule has 1 heterocycles. The fourth-order valence-electron chi connectivity index (χ4n) is 3.06. The molecule has 0 amide bonds. The highest BCUT2D eigenvalue weighted by atomic mass is 35.5. The van der Waals surface area contributed by atoms with Crippen LogP contribution in [0.5, 0.6) is 5.75 Å². The lowest BCUT2D eigenvalue weighted by atomic mass is 10.3. The second-order valence-corrected chi connectivity index (χ2v) is 9.44. The Kier molecular flexibility index (Phi) is 6.96. The molecule has 0 saturated heterocycles. The summed E-state index contributed by atoms with van der Waals surface area (Å²) in [4.78, 5) is 9.16. The Morgan fingerprint density at radius 2 is 1.52 bits per heavy atom. The number of nitrogens with one attached hydrogen (secondary N) is 2. The van der Waals surface area contributed by atoms with Crippen LogP contribution in [0.4, 0.5) is 17.3 Å². The molecule has 0 aliphatic heterocycles. The van der Waals surface area contributed by atoms with Crippen LogP contribution in [0.3, 0.4) is 0 Å². The van der Waals surface area contributed by atoms with Crippen LogP contribution in [0.2, 0.25) is 5.02 Å². The molecule has 0 saturated carbocycles. The third-order valence-electron chi connectivity index (χ3n) is 4.81. The van der Waals surface area contributed by atoms with Crippen LogP contribution in [-0.4, -0.2) is 25.0 Å². The van der Waals surface area contributed by atoms with E-state index in [0.717, 1.165) is 24.3 Å². The Labute approximate surface area is 197 Å². The summed E-state index contributed by atoms with van der Waals surface area (Å²) >= 11 is 5.89. The van der Waals surface area contributed by atoms with Crippen LogP contribution in [-0.2, 0) is 10.0 Å². The zero-order valence-corrected chi connectivity index (χ0v) is 19.5. The maximum atomic E-state index is 13.0. The molecular formula is C24H23ClN4O3S. The number of ether oxygens (including phenoxy) is 1. The lowest BCUT2D eigenvalue weighted by molar-refractivity contribution is 0.309. The van der Waals surface area contributed by atoms with Crippen molar-refractivity contribution in [3.8, 4) is 5.75 Å². The van der Waals surface area contributed by atoms with Crippen molar-refractivity contribution in [2.24, 2.45) is 0 Å². The van der Waals surface area contributed by atoms with Crippen LogP contribution >= 0.6 is 11.6 Å². The van der Waals surface area contributed by atoms with Gasteiger partial charge in [-0.1, -0.05) is 37.1 Å². The Morgan fingerprint density at radius 3 is 2.15 bits per heavy atom. The van der Waals surface area contributed by atoms with Gasteiger partial charge in [-0.2, -0.15) is 0 Å². The minimum absolute atomic E-state index is 0.0707. The SMILES string of the molecule is CCCCOc1ccc(Nc2nc3ccccc3nc2NS(=O)(=O)c2ccc(Cl)cc2)cc1. The third kappa shape index (κ3) is 5.71. The first-order chi connectivity index (χ1) is 15.9. The summed E-state index contributed by atoms with van der Waals surface area (Å²) in [7, 11) is -3.90. The van der Waals surface area contributed by atoms with E-state index < -0.39 is 10.0 Å². The number of aromatic nitrogens is 2. The van der Waals surface area contributed by atoms with Gasteiger partial charge in [-0.25, -0.2) is 18.4 Å². The van der Waals surface area contributed by atoms with Crippen LogP contribution in [0.25, 0.3) is 11.0 Å². The highest BCUT2D eigenvalue weighted by Gasteiger charge is 2.19. The molecule has 9 heteroatoms. The average Bonchev–Trinajstić information content (AvgIpc) is 2.81. The lowest BCUT2D eigenvalue weighted by Crippen LogP contribution is -2.16. The van der Waals surface area contributed by atoms with Crippen LogP contribution < -0.4 is 14.8 Å². The minimum atomic E-state index is -3.90. The largest absolute Gasteiger partial charge is 0.494 e. The number of nitrogens with zero attached hydrogens (tertiary/aromatic N) is 2. The van der Waals surface area contributed by atoms with Gasteiger partial charge in [0.05, 0.1) is 22.5 Å². The summed E-state index contributed by atoms with van der Waals surface area (Å²) in [5.41, 5.74) is 1.92. The number of anilines is 3. The van der Waals surface area contributed by atoms with Gasteiger partial charge >= 0.3 is 0 Å². The Hall–Kier alpha value is -3.36. The van der Waals surface area contributed by atoms with Crippen LogP contribution in [0.15, 0.2) is 77.7 Å². The maximum absolute atomic E-state index is 13.0. The van der Waals surface area contributed by atoms with Crippen molar-refractivity contribution in [1.82, 2.24) is 9.97 Å². The third-order valence-corrected chi connectivity index (χ3v) is 6.42. The Bertz CT molecular complexity index is 1340. The predicted octanol–water partition coefficient (Wildman–Crippen LogP) is 6.01. The summed E-state index contributed by atoms with van der Waals surface area (Å²) in [5.74, 6) is 1.14. The molecule has 4 aromatic rings. The summed E-state index contributed by atoms with van der Waals surface area (Å²) in [6.07, 6.45) is 2.05. The molecule has 0 aliphatic rings. The molecule has 0 fully saturated rings. The molecule has 0 aliphatic carbocycles. The number of hydrogen-bond donors (Lipinski definition) is 2. The van der Waals surface area contributed by atoms with Gasteiger partial charge in [0, 0.05) is 10.7 Å². The fourth-order valence-corrected chi connectivity index (χ4v) is 4.20. The first kappa shape index (κ1) is 22.8. The molecule has 3 aromatic carbocycles. The minimum Gasteiger partial charge on any atom is -0.494 e. The van der Waals surface area contributed by atoms with Gasteiger partial charge in [0.15, 0.2) is 11.6 Å². The predicted molar refractivity (Wildman–Crippen MR) is 132 cm³/mol. The molecule has 4 rings (SSSR count). The van der Waals surface area contributed by atoms with Crippen LogP contribution in [0, 0.1) is 0 Å². The Morgan fingerprint density at radius 1 is 0.879 bits per heavy atom. The summed E-state index contributed by atoms with van der Waals surface area (Å²) in [6, 6.07) is 20.5. The van der Waals surface area contributed by atoms with Gasteiger partial charge in [-0.3, -0.25) is 4.72 Å². The second-order valence-electron chi connectivity index (χ2n) is 7.32. The molecule has 33 heavy (non-hydrogen) atoms. The van der Waals surface area contributed by atoms with Gasteiger partial charge in [-0.15, -0.1) is 0 Å². The van der Waals surface area contributed by atoms with E-state index in [-0.39, 0.29) is 16.5 Å². The number of hydrogen-bond acceptors (Lipinski definition) is 6. The molecule has 7 nitrogen and oxygen atoms in total. The highest BCUT2D eigenvalue weighted by Crippen LogP contribution is 2.28. The first-order valence-corrected chi connectivity index (χ1v) is 12.4. The standard InChI is InChI=1S/C24H23ClN4O3S/c1-2-3-16-32-19-12-10-18(11-13-19)26-23-24(28-22-7-5-4-6-21(22)27-23)29-33(30,31)20-14-8-17(25)9-15-20/h4-15H,2-3,16H2,1H3,(H,26,27)(H,28,29). The molecule has 0 radical (unpaired) electrons. The van der Waals surface area contributed by atoms with Crippen molar-refractivity contribution in [2.45, 2.75) is 24.7 Å². The summed E-state index contributed by atoms with van der Waals surface area (Å²) in [6.45, 7) is 2.77. The number of fused-ring (bicyclic) bond motifs is 1. The maximum Gasteiger partial charge on any atom is 0.263 e. The second kappa shape index (κ2) is 10.1. The lowest BCUT2D eigenvalue weighted by Gasteiger charge is -2.14. The monoisotopic (exact) mass is 482 g/mol. The summed E-state index contributed by atoms with van der Waals surface area (Å²) < 4.78 is 34.2. The van der Waals surface area contributed by atoms with Crippen molar-refractivity contribution >= 4 is 50.0 Å². The molecule has 0 atom stereocenters. The van der Waals surface area contributed by atoms with Crippen molar-refractivity contribution in [3.63, 3.8) is 0 Å². The van der Waals surface area contributed by atoms with E-state index in [1.54, 1.807) is 6.07 Å². The zero-order chi connectivity index (χ0) is 23.3. The first-order valence-electron chi connectivity index (χ1n) is 10.5. The number of rotatable bonds is 9. The van der Waals surface area contributed by atoms with Gasteiger partial charge < -0.3 is 10.1 Å². The van der Waals surface area contributed by atoms with Gasteiger partial charge in [0.2, 0.25) is 0 Å². The van der Waals surface area contributed by atoms with E-state index in [1.165, 1.54) is 24.3 Å². The van der Waals surface area contributed by atoms with E-state index in [0.29, 0.717) is 22.7 Å². The molecule has 0 spiro atoms. The van der Waals surface area contributed by atoms with Gasteiger partial charge in [-0.05, 0) is 67.1 Å². The van der Waals surface area contributed by atoms with Crippen LogP contribution in [0.1, 0.15) is 19.8 Å². The van der Waals surface area contributed by atoms with Crippen molar-refractivity contribution in [1.29, 1.82) is 0 Å². The smallest absolute Gasteiger partial charge is 0.263 e. The number of benzene rings is 3. The van der Waals surface area contributed by atoms with E-state index in [9.17, 15) is 8.42 Å². The van der Waals surface area contributed by atoms with E-state index >= 15 is 0 Å². The molecule has 0 bridgehead atoms. The van der Waals surface area contributed by atoms with Gasteiger partial charge in [0.25, 0.3) is 10.0 Å². The topological polar surface area (TPSA) is 93.2 Å². The molecule has 0 unspecified atom stereocenters. The zero-order valence-electron chi connectivity index (χ0n) is 18.0. The van der Waals surface area contributed by atoms with Crippen molar-refractivity contribution < 1.29 is 13.2 Å². The molecule has 2 N–H and O–H groups in total. The van der Waals surface area contributed by atoms with Crippen molar-refractivity contribution in [3.05, 3.63) is 77.8 Å². The van der Waals surface area contributed by atoms with E-state index in [2.05, 4.69) is 26.9 Å². The molecule has 170 valence electrons. The fraction of sp³-hybridized carbons (Fsp3) is 0.167. The quantitative estimate of drug-likeness (QED) is 0.284. The number of para-hydroxylation sites is 2. The Balaban J connectivity index is 1.64. The van der Waals surface area contributed by atoms with Gasteiger partial charge in [0.1, 0.15) is 5.75 Å². The molecular weight excluding hydrogens is 460 g/mol. The molecule has 1 aromatic heterocycles. The number of unbranched alkanes of at least 4 members (excludes halogenated alkanes) is 1. The van der Waals surface area contributed by atoms with E-state index in [1.807, 2.05) is 42.5 Å². The van der Waals surface area contributed by atoms with E-state index in [4.69, 9.17) is 16.3 Å². The summed E-state index contributed by atoms with van der Waals surface area (Å²) in [5, 5.41) is 3.61. The number of sulfonamides is 1. The number of halogens is 1. The van der Waals surface area contributed by atoms with Crippen molar-refractivity contribution in [2.75, 3.05) is 16.6 Å². The average molecular weight is 483 g/mol. The normalized spacial score (nSPS) is 11.3. The highest BCUT2D eigenvalue weighted by molar-refractivity contribution is 7.92.